The Bertz CT molecular complexity index is 330. The van der Waals surface area contributed by atoms with Gasteiger partial charge in [-0.05, 0) is 12.1 Å². The topological polar surface area (TPSA) is 59.4 Å². The van der Waals surface area contributed by atoms with E-state index in [0.717, 1.165) is 0 Å². The first-order valence-corrected chi connectivity index (χ1v) is 3.99. The fourth-order valence-corrected chi connectivity index (χ4v) is 1.07. The summed E-state index contributed by atoms with van der Waals surface area (Å²) in [5.41, 5.74) is -0.0955. The third-order valence-electron chi connectivity index (χ3n) is 1.79. The summed E-state index contributed by atoms with van der Waals surface area (Å²) < 4.78 is 17.5. The molecule has 1 rings (SSSR count). The summed E-state index contributed by atoms with van der Waals surface area (Å²) >= 11 is 0. The second-order valence-electron chi connectivity index (χ2n) is 2.63. The predicted octanol–water partition coefficient (Wildman–Crippen LogP) is 0.470. The van der Waals surface area contributed by atoms with Crippen molar-refractivity contribution in [3.63, 3.8) is 0 Å². The Labute approximate surface area is 80.3 Å². The van der Waals surface area contributed by atoms with Gasteiger partial charge in [-0.1, -0.05) is 0 Å². The Balaban J connectivity index is 3.01. The smallest absolute Gasteiger partial charge is 0.317 e. The summed E-state index contributed by atoms with van der Waals surface area (Å²) in [5.74, 6) is -2.39. The number of aliphatic hydroxyl groups is 1. The van der Waals surface area contributed by atoms with Crippen molar-refractivity contribution in [1.29, 1.82) is 0 Å². The van der Waals surface area contributed by atoms with Crippen LogP contribution in [-0.4, -0.2) is 29.8 Å². The van der Waals surface area contributed by atoms with E-state index in [1.165, 1.54) is 25.4 Å². The van der Waals surface area contributed by atoms with E-state index >= 15 is 0 Å². The summed E-state index contributed by atoms with van der Waals surface area (Å²) in [7, 11) is 1.17. The average Bonchev–Trinajstić information content (AvgIpc) is 2.21. The molecule has 1 heterocycles. The summed E-state index contributed by atoms with van der Waals surface area (Å²) in [6.45, 7) is -0.527. The SMILES string of the molecule is COC(=O)C(CO)c1ncccc1F. The van der Waals surface area contributed by atoms with E-state index in [4.69, 9.17) is 5.11 Å². The number of rotatable bonds is 3. The van der Waals surface area contributed by atoms with Crippen LogP contribution in [-0.2, 0) is 9.53 Å². The molecule has 1 aromatic heterocycles. The molecule has 1 unspecified atom stereocenters. The molecule has 1 aromatic rings. The van der Waals surface area contributed by atoms with E-state index in [-0.39, 0.29) is 5.69 Å². The Hall–Kier alpha value is -1.49. The van der Waals surface area contributed by atoms with Crippen LogP contribution in [0.3, 0.4) is 0 Å². The molecular formula is C9H10FNO3. The van der Waals surface area contributed by atoms with Crippen LogP contribution < -0.4 is 0 Å². The number of aromatic nitrogens is 1. The van der Waals surface area contributed by atoms with Gasteiger partial charge >= 0.3 is 5.97 Å². The highest BCUT2D eigenvalue weighted by atomic mass is 19.1. The predicted molar refractivity (Wildman–Crippen MR) is 46.0 cm³/mol. The van der Waals surface area contributed by atoms with Gasteiger partial charge in [0, 0.05) is 6.20 Å². The van der Waals surface area contributed by atoms with Crippen LogP contribution in [0, 0.1) is 5.82 Å². The zero-order chi connectivity index (χ0) is 10.6. The number of hydrogen-bond acceptors (Lipinski definition) is 4. The van der Waals surface area contributed by atoms with Crippen molar-refractivity contribution in [3.05, 3.63) is 29.8 Å². The number of halogens is 1. The zero-order valence-corrected chi connectivity index (χ0v) is 7.61. The lowest BCUT2D eigenvalue weighted by Gasteiger charge is -2.11. The number of pyridine rings is 1. The minimum atomic E-state index is -1.05. The van der Waals surface area contributed by atoms with Gasteiger partial charge in [0.25, 0.3) is 0 Å². The molecule has 0 bridgehead atoms. The molecule has 4 nitrogen and oxygen atoms in total. The number of esters is 1. The van der Waals surface area contributed by atoms with Crippen molar-refractivity contribution in [2.45, 2.75) is 5.92 Å². The van der Waals surface area contributed by atoms with Crippen LogP contribution in [0.4, 0.5) is 4.39 Å². The molecule has 0 aromatic carbocycles. The first-order chi connectivity index (χ1) is 6.70. The lowest BCUT2D eigenvalue weighted by molar-refractivity contribution is -0.143. The number of ether oxygens (including phenoxy) is 1. The molecule has 0 saturated carbocycles. The second-order valence-corrected chi connectivity index (χ2v) is 2.63. The zero-order valence-electron chi connectivity index (χ0n) is 7.61. The van der Waals surface area contributed by atoms with Crippen molar-refractivity contribution >= 4 is 5.97 Å². The minimum Gasteiger partial charge on any atom is -0.468 e. The van der Waals surface area contributed by atoms with Crippen LogP contribution in [0.25, 0.3) is 0 Å². The van der Waals surface area contributed by atoms with E-state index in [1.807, 2.05) is 0 Å². The van der Waals surface area contributed by atoms with E-state index in [9.17, 15) is 9.18 Å². The van der Waals surface area contributed by atoms with Crippen molar-refractivity contribution in [3.8, 4) is 0 Å². The van der Waals surface area contributed by atoms with Crippen LogP contribution in [0.5, 0.6) is 0 Å². The lowest BCUT2D eigenvalue weighted by Crippen LogP contribution is -2.20. The number of aliphatic hydroxyl groups excluding tert-OH is 1. The molecule has 0 amide bonds. The van der Waals surface area contributed by atoms with Crippen LogP contribution >= 0.6 is 0 Å². The summed E-state index contributed by atoms with van der Waals surface area (Å²) in [6, 6.07) is 2.58. The largest absolute Gasteiger partial charge is 0.468 e. The fraction of sp³-hybridized carbons (Fsp3) is 0.333. The third kappa shape index (κ3) is 2.05. The summed E-state index contributed by atoms with van der Waals surface area (Å²) in [5, 5.41) is 8.90. The number of carbonyl (C=O) groups is 1. The van der Waals surface area contributed by atoms with Gasteiger partial charge in [0.05, 0.1) is 19.4 Å². The molecule has 0 radical (unpaired) electrons. The molecule has 0 aliphatic heterocycles. The van der Waals surface area contributed by atoms with E-state index < -0.39 is 24.3 Å². The van der Waals surface area contributed by atoms with Gasteiger partial charge in [-0.25, -0.2) is 4.39 Å². The minimum absolute atomic E-state index is 0.0955. The van der Waals surface area contributed by atoms with Crippen molar-refractivity contribution in [2.75, 3.05) is 13.7 Å². The summed E-state index contributed by atoms with van der Waals surface area (Å²) in [4.78, 5) is 14.8. The van der Waals surface area contributed by atoms with Crippen LogP contribution in [0.2, 0.25) is 0 Å². The van der Waals surface area contributed by atoms with Gasteiger partial charge in [0.2, 0.25) is 0 Å². The molecule has 14 heavy (non-hydrogen) atoms. The maximum absolute atomic E-state index is 13.1. The standard InChI is InChI=1S/C9H10FNO3/c1-14-9(13)6(5-12)8-7(10)3-2-4-11-8/h2-4,6,12H,5H2,1H3. The third-order valence-corrected chi connectivity index (χ3v) is 1.79. The van der Waals surface area contributed by atoms with E-state index in [2.05, 4.69) is 9.72 Å². The molecule has 0 aliphatic rings. The molecule has 0 saturated heterocycles. The van der Waals surface area contributed by atoms with Crippen molar-refractivity contribution in [1.82, 2.24) is 4.98 Å². The van der Waals surface area contributed by atoms with Gasteiger partial charge in [-0.3, -0.25) is 9.78 Å². The molecular weight excluding hydrogens is 189 g/mol. The lowest BCUT2D eigenvalue weighted by atomic mass is 10.1. The first kappa shape index (κ1) is 10.6. The van der Waals surface area contributed by atoms with E-state index in [1.54, 1.807) is 0 Å². The maximum atomic E-state index is 13.1. The molecule has 1 N–H and O–H groups in total. The van der Waals surface area contributed by atoms with Gasteiger partial charge in [-0.15, -0.1) is 0 Å². The molecule has 1 atom stereocenters. The number of methoxy groups -OCH3 is 1. The van der Waals surface area contributed by atoms with Crippen LogP contribution in [0.15, 0.2) is 18.3 Å². The highest BCUT2D eigenvalue weighted by Gasteiger charge is 2.24. The summed E-state index contributed by atoms with van der Waals surface area (Å²) in [6.07, 6.45) is 1.35. The normalized spacial score (nSPS) is 12.2. The monoisotopic (exact) mass is 199 g/mol. The maximum Gasteiger partial charge on any atom is 0.317 e. The Morgan fingerprint density at radius 3 is 3.00 bits per heavy atom. The Kier molecular flexibility index (Phi) is 3.53. The number of hydrogen-bond donors (Lipinski definition) is 1. The van der Waals surface area contributed by atoms with Gasteiger partial charge in [0.15, 0.2) is 0 Å². The molecule has 0 spiro atoms. The van der Waals surface area contributed by atoms with Gasteiger partial charge < -0.3 is 9.84 Å². The van der Waals surface area contributed by atoms with E-state index in [0.29, 0.717) is 0 Å². The van der Waals surface area contributed by atoms with Crippen LogP contribution in [0.1, 0.15) is 11.6 Å². The van der Waals surface area contributed by atoms with Crippen molar-refractivity contribution in [2.24, 2.45) is 0 Å². The number of carbonyl (C=O) groups excluding carboxylic acids is 1. The quantitative estimate of drug-likeness (QED) is 0.719. The Morgan fingerprint density at radius 2 is 2.50 bits per heavy atom. The Morgan fingerprint density at radius 1 is 1.79 bits per heavy atom. The van der Waals surface area contributed by atoms with Gasteiger partial charge in [-0.2, -0.15) is 0 Å². The van der Waals surface area contributed by atoms with Crippen molar-refractivity contribution < 1.29 is 19.0 Å². The fourth-order valence-electron chi connectivity index (χ4n) is 1.07. The molecule has 0 aliphatic carbocycles. The molecule has 0 fully saturated rings. The average molecular weight is 199 g/mol. The molecule has 76 valence electrons. The molecule has 5 heteroatoms. The highest BCUT2D eigenvalue weighted by Crippen LogP contribution is 2.17. The second kappa shape index (κ2) is 4.66. The van der Waals surface area contributed by atoms with Gasteiger partial charge in [0.1, 0.15) is 11.7 Å². The first-order valence-electron chi connectivity index (χ1n) is 3.99. The highest BCUT2D eigenvalue weighted by molar-refractivity contribution is 5.77. The number of nitrogens with zero attached hydrogens (tertiary/aromatic N) is 1.